The van der Waals surface area contributed by atoms with Crippen LogP contribution < -0.4 is 15.4 Å². The largest absolute Gasteiger partial charge is 0.497 e. The third-order valence-electron chi connectivity index (χ3n) is 3.50. The van der Waals surface area contributed by atoms with Crippen LogP contribution in [0.15, 0.2) is 41.2 Å². The molecule has 1 aromatic carbocycles. The van der Waals surface area contributed by atoms with Gasteiger partial charge in [0, 0.05) is 12.6 Å². The van der Waals surface area contributed by atoms with Gasteiger partial charge in [-0.15, -0.1) is 0 Å². The Labute approximate surface area is 148 Å². The van der Waals surface area contributed by atoms with E-state index >= 15 is 0 Å². The molecule has 0 radical (unpaired) electrons. The zero-order valence-corrected chi connectivity index (χ0v) is 14.1. The van der Waals surface area contributed by atoms with Crippen LogP contribution >= 0.6 is 0 Å². The van der Waals surface area contributed by atoms with Crippen LogP contribution in [-0.4, -0.2) is 27.2 Å². The van der Waals surface area contributed by atoms with Crippen molar-refractivity contribution in [2.75, 3.05) is 17.7 Å². The number of aromatic nitrogens is 3. The predicted molar refractivity (Wildman–Crippen MR) is 93.5 cm³/mol. The monoisotopic (exact) mass is 356 g/mol. The first-order valence-corrected chi connectivity index (χ1v) is 7.63. The molecule has 2 aromatic heterocycles. The second-order valence-corrected chi connectivity index (χ2v) is 5.33. The number of nitro groups is 1. The molecule has 0 aliphatic carbocycles. The minimum Gasteiger partial charge on any atom is -0.497 e. The van der Waals surface area contributed by atoms with Crippen LogP contribution in [0, 0.1) is 17.0 Å². The lowest BCUT2D eigenvalue weighted by Crippen LogP contribution is -2.08. The molecule has 0 saturated carbocycles. The van der Waals surface area contributed by atoms with E-state index in [1.165, 1.54) is 6.33 Å². The van der Waals surface area contributed by atoms with Gasteiger partial charge in [-0.1, -0.05) is 17.3 Å². The van der Waals surface area contributed by atoms with E-state index in [0.29, 0.717) is 18.1 Å². The van der Waals surface area contributed by atoms with Gasteiger partial charge in [-0.05, 0) is 24.6 Å². The third kappa shape index (κ3) is 3.86. The predicted octanol–water partition coefficient (Wildman–Crippen LogP) is 3.05. The minimum absolute atomic E-state index is 0.0236. The first-order valence-electron chi connectivity index (χ1n) is 7.63. The van der Waals surface area contributed by atoms with Crippen LogP contribution in [0.25, 0.3) is 0 Å². The summed E-state index contributed by atoms with van der Waals surface area (Å²) in [7, 11) is 1.59. The first-order chi connectivity index (χ1) is 12.6. The molecular formula is C16H16N6O4. The quantitative estimate of drug-likeness (QED) is 0.484. The highest BCUT2D eigenvalue weighted by Gasteiger charge is 2.23. The average Bonchev–Trinajstić information content (AvgIpc) is 3.05. The molecular weight excluding hydrogens is 340 g/mol. The van der Waals surface area contributed by atoms with Crippen molar-refractivity contribution in [3.8, 4) is 5.75 Å². The van der Waals surface area contributed by atoms with Gasteiger partial charge in [0.25, 0.3) is 0 Å². The van der Waals surface area contributed by atoms with Crippen LogP contribution in [-0.2, 0) is 6.54 Å². The Hall–Kier alpha value is -3.69. The Morgan fingerprint density at radius 2 is 1.96 bits per heavy atom. The van der Waals surface area contributed by atoms with E-state index in [1.54, 1.807) is 20.1 Å². The van der Waals surface area contributed by atoms with Gasteiger partial charge in [0.1, 0.15) is 17.8 Å². The Morgan fingerprint density at radius 1 is 1.23 bits per heavy atom. The summed E-state index contributed by atoms with van der Waals surface area (Å²) in [4.78, 5) is 18.9. The molecule has 0 fully saturated rings. The summed E-state index contributed by atoms with van der Waals surface area (Å²) in [5.41, 5.74) is 0.641. The molecule has 0 aliphatic heterocycles. The van der Waals surface area contributed by atoms with E-state index in [9.17, 15) is 10.1 Å². The number of anilines is 3. The topological polar surface area (TPSA) is 128 Å². The fraction of sp³-hybridized carbons (Fsp3) is 0.188. The summed E-state index contributed by atoms with van der Waals surface area (Å²) in [6.07, 6.45) is 1.23. The van der Waals surface area contributed by atoms with E-state index < -0.39 is 4.92 Å². The molecule has 10 nitrogen and oxygen atoms in total. The van der Waals surface area contributed by atoms with Gasteiger partial charge < -0.3 is 19.9 Å². The molecule has 134 valence electrons. The van der Waals surface area contributed by atoms with Gasteiger partial charge in [0.2, 0.25) is 11.6 Å². The SMILES string of the molecule is COc1ccc(CNc2ncnc(Nc3cc(C)on3)c2[N+](=O)[O-])cc1. The van der Waals surface area contributed by atoms with Gasteiger partial charge in [-0.3, -0.25) is 10.1 Å². The maximum absolute atomic E-state index is 11.5. The maximum atomic E-state index is 11.5. The molecule has 0 spiro atoms. The molecule has 10 heteroatoms. The van der Waals surface area contributed by atoms with Crippen LogP contribution in [0.3, 0.4) is 0 Å². The zero-order valence-electron chi connectivity index (χ0n) is 14.1. The van der Waals surface area contributed by atoms with Crippen LogP contribution in [0.1, 0.15) is 11.3 Å². The van der Waals surface area contributed by atoms with E-state index in [4.69, 9.17) is 9.26 Å². The second kappa shape index (κ2) is 7.47. The highest BCUT2D eigenvalue weighted by molar-refractivity contribution is 5.72. The standard InChI is InChI=1S/C16H16N6O4/c1-10-7-13(21-26-10)20-16-14(22(23)24)15(18-9-19-16)17-8-11-3-5-12(25-2)6-4-11/h3-7,9H,8H2,1-2H3,(H2,17,18,19,20,21). The van der Waals surface area contributed by atoms with Crippen molar-refractivity contribution < 1.29 is 14.2 Å². The van der Waals surface area contributed by atoms with Crippen molar-refractivity contribution >= 4 is 23.1 Å². The van der Waals surface area contributed by atoms with Gasteiger partial charge in [-0.2, -0.15) is 0 Å². The van der Waals surface area contributed by atoms with Crippen LogP contribution in [0.5, 0.6) is 5.75 Å². The summed E-state index contributed by atoms with van der Waals surface area (Å²) < 4.78 is 10.0. The Morgan fingerprint density at radius 3 is 2.58 bits per heavy atom. The van der Waals surface area contributed by atoms with Gasteiger partial charge in [0.05, 0.1) is 12.0 Å². The Kier molecular flexibility index (Phi) is 4.92. The number of hydrogen-bond donors (Lipinski definition) is 2. The number of benzene rings is 1. The second-order valence-electron chi connectivity index (χ2n) is 5.33. The average molecular weight is 356 g/mol. The van der Waals surface area contributed by atoms with Gasteiger partial charge >= 0.3 is 5.69 Å². The number of ether oxygens (including phenoxy) is 1. The fourth-order valence-electron chi connectivity index (χ4n) is 2.25. The smallest absolute Gasteiger partial charge is 0.353 e. The number of hydrogen-bond acceptors (Lipinski definition) is 9. The molecule has 3 rings (SSSR count). The van der Waals surface area contributed by atoms with E-state index in [1.807, 2.05) is 24.3 Å². The molecule has 0 atom stereocenters. The van der Waals surface area contributed by atoms with Crippen LogP contribution in [0.2, 0.25) is 0 Å². The highest BCUT2D eigenvalue weighted by Crippen LogP contribution is 2.31. The fourth-order valence-corrected chi connectivity index (χ4v) is 2.25. The van der Waals surface area contributed by atoms with Crippen molar-refractivity contribution in [3.63, 3.8) is 0 Å². The Bertz CT molecular complexity index is 909. The molecule has 2 heterocycles. The number of methoxy groups -OCH3 is 1. The number of nitrogens with zero attached hydrogens (tertiary/aromatic N) is 4. The summed E-state index contributed by atoms with van der Waals surface area (Å²) in [6, 6.07) is 8.94. The lowest BCUT2D eigenvalue weighted by Gasteiger charge is -2.09. The van der Waals surface area contributed by atoms with Gasteiger partial charge in [-0.25, -0.2) is 9.97 Å². The molecule has 0 saturated heterocycles. The molecule has 0 amide bonds. The molecule has 26 heavy (non-hydrogen) atoms. The number of nitrogens with one attached hydrogen (secondary N) is 2. The molecule has 0 aliphatic rings. The summed E-state index contributed by atoms with van der Waals surface area (Å²) >= 11 is 0. The first kappa shape index (κ1) is 17.1. The Balaban J connectivity index is 1.81. The van der Waals surface area contributed by atoms with Crippen molar-refractivity contribution in [3.05, 3.63) is 58.1 Å². The molecule has 2 N–H and O–H groups in total. The number of aryl methyl sites for hydroxylation is 1. The number of rotatable bonds is 7. The van der Waals surface area contributed by atoms with Crippen molar-refractivity contribution in [2.45, 2.75) is 13.5 Å². The van der Waals surface area contributed by atoms with Crippen molar-refractivity contribution in [1.29, 1.82) is 0 Å². The minimum atomic E-state index is -0.550. The summed E-state index contributed by atoms with van der Waals surface area (Å²) in [6.45, 7) is 2.07. The van der Waals surface area contributed by atoms with E-state index in [0.717, 1.165) is 11.3 Å². The molecule has 3 aromatic rings. The normalized spacial score (nSPS) is 10.4. The summed E-state index contributed by atoms with van der Waals surface area (Å²) in [5, 5.41) is 21.0. The maximum Gasteiger partial charge on any atom is 0.353 e. The molecule has 0 bridgehead atoms. The molecule has 0 unspecified atom stereocenters. The summed E-state index contributed by atoms with van der Waals surface area (Å²) in [5.74, 6) is 1.75. The van der Waals surface area contributed by atoms with E-state index in [2.05, 4.69) is 25.8 Å². The van der Waals surface area contributed by atoms with Crippen molar-refractivity contribution in [1.82, 2.24) is 15.1 Å². The van der Waals surface area contributed by atoms with Crippen molar-refractivity contribution in [2.24, 2.45) is 0 Å². The zero-order chi connectivity index (χ0) is 18.5. The lowest BCUT2D eigenvalue weighted by atomic mass is 10.2. The van der Waals surface area contributed by atoms with Crippen LogP contribution in [0.4, 0.5) is 23.1 Å². The lowest BCUT2D eigenvalue weighted by molar-refractivity contribution is -0.383. The van der Waals surface area contributed by atoms with E-state index in [-0.39, 0.29) is 17.3 Å². The van der Waals surface area contributed by atoms with Gasteiger partial charge in [0.15, 0.2) is 5.82 Å². The highest BCUT2D eigenvalue weighted by atomic mass is 16.6. The third-order valence-corrected chi connectivity index (χ3v) is 3.50.